The van der Waals surface area contributed by atoms with Gasteiger partial charge in [0.2, 0.25) is 11.8 Å². The smallest absolute Gasteiger partial charge is 0.244 e. The van der Waals surface area contributed by atoms with Gasteiger partial charge in [0.25, 0.3) is 0 Å². The van der Waals surface area contributed by atoms with Crippen molar-refractivity contribution in [3.63, 3.8) is 0 Å². The molecule has 1 aliphatic heterocycles. The van der Waals surface area contributed by atoms with E-state index in [-0.39, 0.29) is 11.5 Å². The Morgan fingerprint density at radius 1 is 1.06 bits per heavy atom. The number of hydrogen-bond acceptors (Lipinski definition) is 8. The Bertz CT molecular complexity index is 1260. The normalized spacial score (nSPS) is 14.6. The van der Waals surface area contributed by atoms with Crippen molar-refractivity contribution in [3.8, 4) is 46.2 Å². The van der Waals surface area contributed by atoms with E-state index in [1.165, 1.54) is 0 Å². The molecule has 0 saturated heterocycles. The van der Waals surface area contributed by atoms with Gasteiger partial charge < -0.3 is 29.4 Å². The molecule has 0 saturated carbocycles. The summed E-state index contributed by atoms with van der Waals surface area (Å²) in [6.45, 7) is 2.70. The van der Waals surface area contributed by atoms with Crippen molar-refractivity contribution < 1.29 is 23.7 Å². The van der Waals surface area contributed by atoms with E-state index in [1.54, 1.807) is 33.5 Å². The Labute approximate surface area is 197 Å². The highest BCUT2D eigenvalue weighted by Gasteiger charge is 2.37. The van der Waals surface area contributed by atoms with E-state index in [9.17, 15) is 5.26 Å². The molecule has 0 unspecified atom stereocenters. The van der Waals surface area contributed by atoms with E-state index < -0.39 is 5.92 Å². The molecule has 1 aliphatic rings. The second-order valence-corrected chi connectivity index (χ2v) is 7.56. The van der Waals surface area contributed by atoms with Gasteiger partial charge in [0.15, 0.2) is 11.5 Å². The monoisotopic (exact) mass is 462 g/mol. The Hall–Kier alpha value is -4.32. The first-order valence-electron chi connectivity index (χ1n) is 10.7. The maximum atomic E-state index is 10.0. The van der Waals surface area contributed by atoms with Gasteiger partial charge in [-0.2, -0.15) is 5.26 Å². The number of nitrogens with two attached hydrogens (primary N) is 1. The molecule has 0 spiro atoms. The first kappa shape index (κ1) is 22.9. The van der Waals surface area contributed by atoms with Crippen molar-refractivity contribution in [1.29, 1.82) is 5.26 Å². The SMILES string of the molecule is CCCOc1ccc(-c2[nH]nc3c2[C@H](c2cc(OC)c(OC)cc2OC)C(C#N)=C(N)O3)cc1. The molecule has 2 aromatic carbocycles. The molecule has 1 aromatic heterocycles. The van der Waals surface area contributed by atoms with Crippen molar-refractivity contribution >= 4 is 0 Å². The third kappa shape index (κ3) is 3.94. The summed E-state index contributed by atoms with van der Waals surface area (Å²) >= 11 is 0. The first-order valence-corrected chi connectivity index (χ1v) is 10.7. The molecule has 9 nitrogen and oxygen atoms in total. The predicted octanol–water partition coefficient (Wildman–Crippen LogP) is 4.11. The molecule has 3 N–H and O–H groups in total. The number of fused-ring (bicyclic) bond motifs is 1. The summed E-state index contributed by atoms with van der Waals surface area (Å²) in [4.78, 5) is 0. The Balaban J connectivity index is 1.89. The van der Waals surface area contributed by atoms with Crippen LogP contribution in [0.1, 0.15) is 30.4 Å². The molecule has 2 heterocycles. The van der Waals surface area contributed by atoms with Gasteiger partial charge >= 0.3 is 0 Å². The van der Waals surface area contributed by atoms with Gasteiger partial charge in [-0.3, -0.25) is 5.10 Å². The maximum absolute atomic E-state index is 10.0. The van der Waals surface area contributed by atoms with Crippen LogP contribution in [-0.2, 0) is 0 Å². The number of hydrogen-bond donors (Lipinski definition) is 2. The fourth-order valence-corrected chi connectivity index (χ4v) is 3.99. The van der Waals surface area contributed by atoms with Crippen LogP contribution < -0.4 is 29.4 Å². The van der Waals surface area contributed by atoms with Gasteiger partial charge in [-0.1, -0.05) is 6.92 Å². The third-order valence-electron chi connectivity index (χ3n) is 5.60. The summed E-state index contributed by atoms with van der Waals surface area (Å²) < 4.78 is 28.0. The third-order valence-corrected chi connectivity index (χ3v) is 5.60. The van der Waals surface area contributed by atoms with E-state index in [0.29, 0.717) is 46.6 Å². The van der Waals surface area contributed by atoms with E-state index in [1.807, 2.05) is 24.3 Å². The van der Waals surface area contributed by atoms with Crippen LogP contribution in [0.5, 0.6) is 28.9 Å². The van der Waals surface area contributed by atoms with E-state index in [2.05, 4.69) is 23.2 Å². The average molecular weight is 463 g/mol. The maximum Gasteiger partial charge on any atom is 0.244 e. The van der Waals surface area contributed by atoms with Crippen LogP contribution in [0.4, 0.5) is 0 Å². The number of nitriles is 1. The summed E-state index contributed by atoms with van der Waals surface area (Å²) in [5, 5.41) is 17.4. The van der Waals surface area contributed by atoms with E-state index in [4.69, 9.17) is 29.4 Å². The molecule has 0 radical (unpaired) electrons. The van der Waals surface area contributed by atoms with Crippen molar-refractivity contribution in [3.05, 3.63) is 59.0 Å². The highest BCUT2D eigenvalue weighted by molar-refractivity contribution is 5.72. The number of ether oxygens (including phenoxy) is 5. The molecular formula is C25H26N4O5. The van der Waals surface area contributed by atoms with Crippen LogP contribution in [-0.4, -0.2) is 38.1 Å². The molecule has 176 valence electrons. The van der Waals surface area contributed by atoms with Crippen molar-refractivity contribution in [1.82, 2.24) is 10.2 Å². The molecule has 4 rings (SSSR count). The minimum absolute atomic E-state index is 0.0156. The van der Waals surface area contributed by atoms with Crippen molar-refractivity contribution in [2.24, 2.45) is 5.73 Å². The minimum Gasteiger partial charge on any atom is -0.496 e. The molecule has 9 heteroatoms. The summed E-state index contributed by atoms with van der Waals surface area (Å²) in [5.74, 6) is 1.93. The number of benzene rings is 2. The Morgan fingerprint density at radius 3 is 2.35 bits per heavy atom. The van der Waals surface area contributed by atoms with Crippen LogP contribution in [0.2, 0.25) is 0 Å². The number of nitrogens with zero attached hydrogens (tertiary/aromatic N) is 2. The summed E-state index contributed by atoms with van der Waals surface area (Å²) in [7, 11) is 4.64. The average Bonchev–Trinajstić information content (AvgIpc) is 3.29. The lowest BCUT2D eigenvalue weighted by molar-refractivity contribution is 0.317. The summed E-state index contributed by atoms with van der Waals surface area (Å²) in [6.07, 6.45) is 0.923. The largest absolute Gasteiger partial charge is 0.496 e. The molecule has 1 atom stereocenters. The Kier molecular flexibility index (Phi) is 6.50. The quantitative estimate of drug-likeness (QED) is 0.512. The Morgan fingerprint density at radius 2 is 1.74 bits per heavy atom. The van der Waals surface area contributed by atoms with Crippen molar-refractivity contribution in [2.75, 3.05) is 27.9 Å². The second-order valence-electron chi connectivity index (χ2n) is 7.56. The molecule has 3 aromatic rings. The second kappa shape index (κ2) is 9.67. The van der Waals surface area contributed by atoms with Gasteiger partial charge in [-0.15, -0.1) is 5.10 Å². The zero-order chi connectivity index (χ0) is 24.2. The lowest BCUT2D eigenvalue weighted by Crippen LogP contribution is -2.21. The lowest BCUT2D eigenvalue weighted by Gasteiger charge is -2.26. The molecule has 0 bridgehead atoms. The highest BCUT2D eigenvalue weighted by atomic mass is 16.5. The zero-order valence-electron chi connectivity index (χ0n) is 19.5. The lowest BCUT2D eigenvalue weighted by atomic mass is 9.82. The number of nitrogens with one attached hydrogen (secondary N) is 1. The molecule has 0 aliphatic carbocycles. The predicted molar refractivity (Wildman–Crippen MR) is 125 cm³/mol. The molecule has 0 fully saturated rings. The van der Waals surface area contributed by atoms with Crippen molar-refractivity contribution in [2.45, 2.75) is 19.3 Å². The number of H-pyrrole nitrogens is 1. The number of allylic oxidation sites excluding steroid dienone is 1. The van der Waals surface area contributed by atoms with Crippen LogP contribution in [0.3, 0.4) is 0 Å². The van der Waals surface area contributed by atoms with E-state index in [0.717, 1.165) is 17.7 Å². The topological polar surface area (TPSA) is 125 Å². The van der Waals surface area contributed by atoms with Gasteiger partial charge in [0, 0.05) is 17.2 Å². The van der Waals surface area contributed by atoms with Crippen LogP contribution in [0, 0.1) is 11.3 Å². The molecule has 0 amide bonds. The minimum atomic E-state index is -0.617. The fraction of sp³-hybridized carbons (Fsp3) is 0.280. The number of methoxy groups -OCH3 is 3. The number of rotatable bonds is 8. The first-order chi connectivity index (χ1) is 16.6. The number of aromatic amines is 1. The van der Waals surface area contributed by atoms with Crippen LogP contribution in [0.15, 0.2) is 47.9 Å². The molecular weight excluding hydrogens is 436 g/mol. The molecule has 34 heavy (non-hydrogen) atoms. The highest BCUT2D eigenvalue weighted by Crippen LogP contribution is 2.50. The zero-order valence-corrected chi connectivity index (χ0v) is 19.5. The standard InChI is InChI=1S/C25H26N4O5/c1-5-10-33-15-8-6-14(7-9-15)23-22-21(17(13-26)24(27)34-25(22)29-28-23)16-11-19(31-3)20(32-4)12-18(16)30-2/h6-9,11-12,21H,5,10,27H2,1-4H3,(H,28,29)/t21-/m1/s1. The summed E-state index contributed by atoms with van der Waals surface area (Å²) in [6, 6.07) is 13.3. The number of aromatic nitrogens is 2. The van der Waals surface area contributed by atoms with Gasteiger partial charge in [0.1, 0.15) is 23.1 Å². The van der Waals surface area contributed by atoms with Gasteiger partial charge in [0.05, 0.1) is 45.1 Å². The van der Waals surface area contributed by atoms with Gasteiger partial charge in [-0.05, 0) is 36.8 Å². The summed E-state index contributed by atoms with van der Waals surface area (Å²) in [5.41, 5.74) is 9.24. The van der Waals surface area contributed by atoms with Crippen LogP contribution >= 0.6 is 0 Å². The fourth-order valence-electron chi connectivity index (χ4n) is 3.99. The van der Waals surface area contributed by atoms with Crippen LogP contribution in [0.25, 0.3) is 11.3 Å². The van der Waals surface area contributed by atoms with E-state index >= 15 is 0 Å². The van der Waals surface area contributed by atoms with Gasteiger partial charge in [-0.25, -0.2) is 0 Å².